The molecule has 0 atom stereocenters. The molecular formula is C22H32N4O3. The second kappa shape index (κ2) is 14.4. The average molecular weight is 401 g/mol. The summed E-state index contributed by atoms with van der Waals surface area (Å²) in [7, 11) is 1.67. The van der Waals surface area contributed by atoms with Crippen LogP contribution in [0.15, 0.2) is 53.7 Å². The first-order valence-electron chi connectivity index (χ1n) is 10.0. The normalized spacial score (nSPS) is 11.3. The van der Waals surface area contributed by atoms with Crippen LogP contribution >= 0.6 is 0 Å². The average Bonchev–Trinajstić information content (AvgIpc) is 2.77. The molecule has 2 N–H and O–H groups in total. The van der Waals surface area contributed by atoms with E-state index in [0.29, 0.717) is 33.0 Å². The van der Waals surface area contributed by atoms with Gasteiger partial charge in [-0.2, -0.15) is 0 Å². The van der Waals surface area contributed by atoms with E-state index in [1.165, 1.54) is 0 Å². The second-order valence-corrected chi connectivity index (χ2v) is 6.33. The highest BCUT2D eigenvalue weighted by atomic mass is 16.5. The van der Waals surface area contributed by atoms with Crippen molar-refractivity contribution in [2.45, 2.75) is 26.5 Å². The van der Waals surface area contributed by atoms with E-state index in [9.17, 15) is 0 Å². The van der Waals surface area contributed by atoms with Gasteiger partial charge in [0.05, 0.1) is 25.5 Å². The second-order valence-electron chi connectivity index (χ2n) is 6.33. The number of ether oxygens (including phenoxy) is 3. The fourth-order valence-electron chi connectivity index (χ4n) is 2.47. The number of aliphatic imine (C=N–C) groups is 1. The SMILES string of the molecule is CCNC(=NCc1ccc(OCc2ccccn2)cc1)NCCCOCCOC. The zero-order chi connectivity index (χ0) is 20.6. The standard InChI is InChI=1S/C22H32N4O3/c1-3-23-22(25-13-6-14-28-16-15-27-2)26-17-19-8-10-21(11-9-19)29-18-20-7-4-5-12-24-20/h4-5,7-12H,3,6,13-18H2,1-2H3,(H2,23,25,26). The Labute approximate surface area is 173 Å². The Morgan fingerprint density at radius 3 is 2.62 bits per heavy atom. The summed E-state index contributed by atoms with van der Waals surface area (Å²) in [5, 5.41) is 6.59. The molecule has 2 aromatic rings. The van der Waals surface area contributed by atoms with Crippen molar-refractivity contribution in [3.05, 3.63) is 59.9 Å². The minimum Gasteiger partial charge on any atom is -0.487 e. The maximum atomic E-state index is 5.77. The van der Waals surface area contributed by atoms with Crippen LogP contribution in [-0.4, -0.2) is 51.0 Å². The lowest BCUT2D eigenvalue weighted by Gasteiger charge is -2.11. The van der Waals surface area contributed by atoms with Crippen LogP contribution in [0.25, 0.3) is 0 Å². The molecular weight excluding hydrogens is 368 g/mol. The molecule has 0 bridgehead atoms. The number of nitrogens with zero attached hydrogens (tertiary/aromatic N) is 2. The van der Waals surface area contributed by atoms with Gasteiger partial charge in [0.1, 0.15) is 12.4 Å². The first kappa shape index (κ1) is 22.6. The van der Waals surface area contributed by atoms with Gasteiger partial charge in [0.25, 0.3) is 0 Å². The van der Waals surface area contributed by atoms with E-state index in [2.05, 4.69) is 27.5 Å². The van der Waals surface area contributed by atoms with Gasteiger partial charge in [-0.25, -0.2) is 4.99 Å². The first-order chi connectivity index (χ1) is 14.3. The third-order valence-corrected chi connectivity index (χ3v) is 3.99. The number of aromatic nitrogens is 1. The zero-order valence-electron chi connectivity index (χ0n) is 17.4. The summed E-state index contributed by atoms with van der Waals surface area (Å²) in [6.07, 6.45) is 2.68. The van der Waals surface area contributed by atoms with E-state index in [0.717, 1.165) is 42.5 Å². The minimum atomic E-state index is 0.460. The maximum absolute atomic E-state index is 5.77. The quantitative estimate of drug-likeness (QED) is 0.306. The number of hydrogen-bond acceptors (Lipinski definition) is 5. The van der Waals surface area contributed by atoms with Gasteiger partial charge in [-0.3, -0.25) is 4.98 Å². The zero-order valence-corrected chi connectivity index (χ0v) is 17.4. The van der Waals surface area contributed by atoms with Gasteiger partial charge in [0.2, 0.25) is 0 Å². The van der Waals surface area contributed by atoms with Gasteiger partial charge < -0.3 is 24.8 Å². The van der Waals surface area contributed by atoms with Gasteiger partial charge in [-0.05, 0) is 43.2 Å². The molecule has 0 fully saturated rings. The van der Waals surface area contributed by atoms with Crippen LogP contribution in [0.2, 0.25) is 0 Å². The minimum absolute atomic E-state index is 0.460. The fourth-order valence-corrected chi connectivity index (χ4v) is 2.47. The van der Waals surface area contributed by atoms with Crippen molar-refractivity contribution in [1.82, 2.24) is 15.6 Å². The largest absolute Gasteiger partial charge is 0.487 e. The highest BCUT2D eigenvalue weighted by molar-refractivity contribution is 5.79. The Kier molecular flexibility index (Phi) is 11.2. The van der Waals surface area contributed by atoms with E-state index in [1.54, 1.807) is 13.3 Å². The van der Waals surface area contributed by atoms with Crippen molar-refractivity contribution in [3.63, 3.8) is 0 Å². The van der Waals surface area contributed by atoms with Crippen molar-refractivity contribution < 1.29 is 14.2 Å². The smallest absolute Gasteiger partial charge is 0.191 e. The number of nitrogens with one attached hydrogen (secondary N) is 2. The third-order valence-electron chi connectivity index (χ3n) is 3.99. The van der Waals surface area contributed by atoms with Gasteiger partial charge >= 0.3 is 0 Å². The number of guanidine groups is 1. The molecule has 0 saturated carbocycles. The number of rotatable bonds is 13. The molecule has 0 aliphatic rings. The lowest BCUT2D eigenvalue weighted by atomic mass is 10.2. The molecule has 0 aliphatic carbocycles. The van der Waals surface area contributed by atoms with Crippen molar-refractivity contribution in [1.29, 1.82) is 0 Å². The van der Waals surface area contributed by atoms with E-state index < -0.39 is 0 Å². The molecule has 7 nitrogen and oxygen atoms in total. The predicted octanol–water partition coefficient (Wildman–Crippen LogP) is 2.77. The van der Waals surface area contributed by atoms with Crippen LogP contribution in [0, 0.1) is 0 Å². The lowest BCUT2D eigenvalue weighted by Crippen LogP contribution is -2.38. The summed E-state index contributed by atoms with van der Waals surface area (Å²) < 4.78 is 16.2. The lowest BCUT2D eigenvalue weighted by molar-refractivity contribution is 0.0698. The van der Waals surface area contributed by atoms with Crippen LogP contribution in [0.4, 0.5) is 0 Å². The van der Waals surface area contributed by atoms with Crippen molar-refractivity contribution in [2.75, 3.05) is 40.0 Å². The Morgan fingerprint density at radius 1 is 1.03 bits per heavy atom. The number of pyridine rings is 1. The van der Waals surface area contributed by atoms with Crippen LogP contribution in [0.5, 0.6) is 5.75 Å². The van der Waals surface area contributed by atoms with Crippen molar-refractivity contribution in [3.8, 4) is 5.75 Å². The van der Waals surface area contributed by atoms with E-state index >= 15 is 0 Å². The molecule has 1 aromatic carbocycles. The Bertz CT molecular complexity index is 693. The summed E-state index contributed by atoms with van der Waals surface area (Å²) in [6.45, 7) is 6.70. The van der Waals surface area contributed by atoms with E-state index in [-0.39, 0.29) is 0 Å². The predicted molar refractivity (Wildman–Crippen MR) is 115 cm³/mol. The summed E-state index contributed by atoms with van der Waals surface area (Å²) >= 11 is 0. The van der Waals surface area contributed by atoms with Crippen LogP contribution in [0.3, 0.4) is 0 Å². The van der Waals surface area contributed by atoms with Gasteiger partial charge in [0, 0.05) is 33.0 Å². The molecule has 0 amide bonds. The van der Waals surface area contributed by atoms with E-state index in [1.807, 2.05) is 42.5 Å². The molecule has 0 saturated heterocycles. The van der Waals surface area contributed by atoms with E-state index in [4.69, 9.17) is 14.2 Å². The molecule has 7 heteroatoms. The summed E-state index contributed by atoms with van der Waals surface area (Å²) in [5.74, 6) is 1.63. The Hall–Kier alpha value is -2.64. The molecule has 158 valence electrons. The topological polar surface area (TPSA) is 77.0 Å². The van der Waals surface area contributed by atoms with Crippen LogP contribution < -0.4 is 15.4 Å². The number of methoxy groups -OCH3 is 1. The number of hydrogen-bond donors (Lipinski definition) is 2. The van der Waals surface area contributed by atoms with Crippen LogP contribution in [-0.2, 0) is 22.6 Å². The van der Waals surface area contributed by atoms with Gasteiger partial charge in [-0.15, -0.1) is 0 Å². The van der Waals surface area contributed by atoms with Gasteiger partial charge in [-0.1, -0.05) is 18.2 Å². The summed E-state index contributed by atoms with van der Waals surface area (Å²) in [4.78, 5) is 8.89. The molecule has 29 heavy (non-hydrogen) atoms. The molecule has 0 spiro atoms. The Morgan fingerprint density at radius 2 is 1.90 bits per heavy atom. The highest BCUT2D eigenvalue weighted by Gasteiger charge is 2.00. The number of benzene rings is 1. The summed E-state index contributed by atoms with van der Waals surface area (Å²) in [5.41, 5.74) is 2.03. The molecule has 0 radical (unpaired) electrons. The molecule has 0 aliphatic heterocycles. The van der Waals surface area contributed by atoms with Gasteiger partial charge in [0.15, 0.2) is 5.96 Å². The first-order valence-corrected chi connectivity index (χ1v) is 10.0. The van der Waals surface area contributed by atoms with Crippen LogP contribution in [0.1, 0.15) is 24.6 Å². The Balaban J connectivity index is 1.73. The molecule has 1 heterocycles. The molecule has 1 aromatic heterocycles. The van der Waals surface area contributed by atoms with Crippen molar-refractivity contribution in [2.24, 2.45) is 4.99 Å². The highest BCUT2D eigenvalue weighted by Crippen LogP contribution is 2.14. The summed E-state index contributed by atoms with van der Waals surface area (Å²) in [6, 6.07) is 13.8. The maximum Gasteiger partial charge on any atom is 0.191 e. The van der Waals surface area contributed by atoms with Crippen molar-refractivity contribution >= 4 is 5.96 Å². The third kappa shape index (κ3) is 9.91. The fraction of sp³-hybridized carbons (Fsp3) is 0.455. The molecule has 0 unspecified atom stereocenters. The molecule has 2 rings (SSSR count). The monoisotopic (exact) mass is 400 g/mol.